The van der Waals surface area contributed by atoms with Gasteiger partial charge in [-0.15, -0.1) is 0 Å². The van der Waals surface area contributed by atoms with E-state index in [1.165, 1.54) is 5.56 Å². The fourth-order valence-corrected chi connectivity index (χ4v) is 2.47. The van der Waals surface area contributed by atoms with E-state index in [-0.39, 0.29) is 0 Å². The number of hydrogen-bond acceptors (Lipinski definition) is 3. The minimum absolute atomic E-state index is 0.547. The summed E-state index contributed by atoms with van der Waals surface area (Å²) in [6, 6.07) is 6.54. The molecule has 1 aliphatic heterocycles. The molecule has 0 radical (unpaired) electrons. The van der Waals surface area contributed by atoms with Crippen LogP contribution in [0.25, 0.3) is 0 Å². The summed E-state index contributed by atoms with van der Waals surface area (Å²) in [7, 11) is 0. The van der Waals surface area contributed by atoms with Gasteiger partial charge in [-0.3, -0.25) is 4.90 Å². The van der Waals surface area contributed by atoms with Crippen molar-refractivity contribution in [2.75, 3.05) is 38.0 Å². The molecule has 100 valence electrons. The molecule has 2 N–H and O–H groups in total. The van der Waals surface area contributed by atoms with Crippen LogP contribution in [-0.2, 0) is 0 Å². The van der Waals surface area contributed by atoms with E-state index in [0.717, 1.165) is 43.4 Å². The minimum atomic E-state index is 0.547. The third-order valence-corrected chi connectivity index (χ3v) is 3.80. The van der Waals surface area contributed by atoms with Gasteiger partial charge in [-0.05, 0) is 31.5 Å². The number of nitrogens with zero attached hydrogens (tertiary/aromatic N) is 1. The molecule has 0 bridgehead atoms. The summed E-state index contributed by atoms with van der Waals surface area (Å²) in [5.74, 6) is 0. The lowest BCUT2D eigenvalue weighted by Gasteiger charge is -2.33. The van der Waals surface area contributed by atoms with E-state index in [1.807, 2.05) is 12.1 Å². The maximum atomic E-state index is 6.02. The summed E-state index contributed by atoms with van der Waals surface area (Å²) in [6.07, 6.45) is 0. The molecule has 1 fully saturated rings. The van der Waals surface area contributed by atoms with Crippen molar-refractivity contribution >= 4 is 17.3 Å². The second-order valence-corrected chi connectivity index (χ2v) is 5.41. The largest absolute Gasteiger partial charge is 0.383 e. The van der Waals surface area contributed by atoms with Gasteiger partial charge in [-0.2, -0.15) is 0 Å². The van der Waals surface area contributed by atoms with Crippen LogP contribution in [0.15, 0.2) is 18.2 Å². The molecule has 1 aliphatic rings. The first-order valence-corrected chi connectivity index (χ1v) is 6.99. The first-order valence-electron chi connectivity index (χ1n) is 6.61. The lowest BCUT2D eigenvalue weighted by atomic mass is 10.2. The van der Waals surface area contributed by atoms with Crippen molar-refractivity contribution in [2.45, 2.75) is 19.9 Å². The molecule has 1 heterocycles. The summed E-state index contributed by atoms with van der Waals surface area (Å²) in [5, 5.41) is 7.67. The zero-order valence-corrected chi connectivity index (χ0v) is 11.9. The molecule has 1 aromatic carbocycles. The average Bonchev–Trinajstić information content (AvgIpc) is 2.40. The van der Waals surface area contributed by atoms with Crippen molar-refractivity contribution in [1.82, 2.24) is 10.2 Å². The fourth-order valence-electron chi connectivity index (χ4n) is 2.29. The number of anilines is 1. The Balaban J connectivity index is 1.88. The van der Waals surface area contributed by atoms with Crippen molar-refractivity contribution in [3.05, 3.63) is 28.8 Å². The first kappa shape index (κ1) is 13.7. The van der Waals surface area contributed by atoms with E-state index in [4.69, 9.17) is 11.6 Å². The molecule has 0 saturated carbocycles. The Hall–Kier alpha value is -0.770. The highest BCUT2D eigenvalue weighted by Gasteiger charge is 2.16. The topological polar surface area (TPSA) is 27.3 Å². The van der Waals surface area contributed by atoms with Crippen molar-refractivity contribution < 1.29 is 0 Å². The second-order valence-electron chi connectivity index (χ2n) is 4.98. The number of aryl methyl sites for hydroxylation is 1. The van der Waals surface area contributed by atoms with Crippen molar-refractivity contribution in [3.8, 4) is 0 Å². The molecule has 18 heavy (non-hydrogen) atoms. The Morgan fingerprint density at radius 1 is 1.39 bits per heavy atom. The van der Waals surface area contributed by atoms with E-state index < -0.39 is 0 Å². The summed E-state index contributed by atoms with van der Waals surface area (Å²) in [5.41, 5.74) is 2.39. The maximum absolute atomic E-state index is 6.02. The van der Waals surface area contributed by atoms with Gasteiger partial charge in [-0.25, -0.2) is 0 Å². The van der Waals surface area contributed by atoms with Crippen molar-refractivity contribution in [3.63, 3.8) is 0 Å². The molecule has 3 nitrogen and oxygen atoms in total. The molecule has 0 spiro atoms. The van der Waals surface area contributed by atoms with Gasteiger partial charge in [-0.1, -0.05) is 17.7 Å². The lowest BCUT2D eigenvalue weighted by molar-refractivity contribution is 0.191. The van der Waals surface area contributed by atoms with Gasteiger partial charge in [0.15, 0.2) is 0 Å². The summed E-state index contributed by atoms with van der Waals surface area (Å²) < 4.78 is 0. The molecule has 0 amide bonds. The Morgan fingerprint density at radius 2 is 2.11 bits per heavy atom. The molecule has 0 aromatic heterocycles. The third kappa shape index (κ3) is 3.61. The molecule has 2 rings (SSSR count). The molecule has 1 aromatic rings. The van der Waals surface area contributed by atoms with E-state index in [2.05, 4.69) is 35.4 Å². The molecule has 4 heteroatoms. The van der Waals surface area contributed by atoms with Gasteiger partial charge >= 0.3 is 0 Å². The van der Waals surface area contributed by atoms with Crippen molar-refractivity contribution in [2.24, 2.45) is 0 Å². The van der Waals surface area contributed by atoms with Crippen LogP contribution in [0.5, 0.6) is 0 Å². The molecular formula is C14H22ClN3. The van der Waals surface area contributed by atoms with Gasteiger partial charge in [0.2, 0.25) is 0 Å². The zero-order chi connectivity index (χ0) is 13.0. The highest BCUT2D eigenvalue weighted by Crippen LogP contribution is 2.20. The summed E-state index contributed by atoms with van der Waals surface area (Å²) in [6.45, 7) is 9.81. The van der Waals surface area contributed by atoms with Crippen LogP contribution in [0.3, 0.4) is 0 Å². The van der Waals surface area contributed by atoms with E-state index in [9.17, 15) is 0 Å². The van der Waals surface area contributed by atoms with Crippen molar-refractivity contribution in [1.29, 1.82) is 0 Å². The number of nitrogens with one attached hydrogen (secondary N) is 2. The van der Waals surface area contributed by atoms with Crippen LogP contribution in [0.1, 0.15) is 12.5 Å². The van der Waals surface area contributed by atoms with Crippen LogP contribution in [0, 0.1) is 6.92 Å². The van der Waals surface area contributed by atoms with Crippen LogP contribution < -0.4 is 10.6 Å². The van der Waals surface area contributed by atoms with Crippen LogP contribution in [-0.4, -0.2) is 43.7 Å². The van der Waals surface area contributed by atoms with Gasteiger partial charge in [0.25, 0.3) is 0 Å². The number of halogens is 1. The third-order valence-electron chi connectivity index (χ3n) is 3.56. The van der Waals surface area contributed by atoms with Crippen LogP contribution >= 0.6 is 11.6 Å². The highest BCUT2D eigenvalue weighted by molar-refractivity contribution is 6.30. The Morgan fingerprint density at radius 3 is 2.83 bits per heavy atom. The van der Waals surface area contributed by atoms with Gasteiger partial charge in [0, 0.05) is 49.5 Å². The SMILES string of the molecule is Cc1ccc(Cl)cc1NCC(C)N1CCNCC1. The predicted octanol–water partition coefficient (Wildman–Crippen LogP) is 2.35. The predicted molar refractivity (Wildman–Crippen MR) is 78.6 cm³/mol. The molecule has 1 saturated heterocycles. The van der Waals surface area contributed by atoms with E-state index >= 15 is 0 Å². The van der Waals surface area contributed by atoms with Crippen LogP contribution in [0.2, 0.25) is 5.02 Å². The minimum Gasteiger partial charge on any atom is -0.383 e. The normalized spacial score (nSPS) is 18.6. The fraction of sp³-hybridized carbons (Fsp3) is 0.571. The van der Waals surface area contributed by atoms with E-state index in [0.29, 0.717) is 6.04 Å². The Labute approximate surface area is 115 Å². The zero-order valence-electron chi connectivity index (χ0n) is 11.2. The number of rotatable bonds is 4. The van der Waals surface area contributed by atoms with Gasteiger partial charge in [0.1, 0.15) is 0 Å². The summed E-state index contributed by atoms with van der Waals surface area (Å²) >= 11 is 6.02. The standard InChI is InChI=1S/C14H22ClN3/c1-11-3-4-13(15)9-14(11)17-10-12(2)18-7-5-16-6-8-18/h3-4,9,12,16-17H,5-8,10H2,1-2H3. The average molecular weight is 268 g/mol. The second kappa shape index (κ2) is 6.41. The lowest BCUT2D eigenvalue weighted by Crippen LogP contribution is -2.49. The van der Waals surface area contributed by atoms with E-state index in [1.54, 1.807) is 0 Å². The van der Waals surface area contributed by atoms with Gasteiger partial charge in [0.05, 0.1) is 0 Å². The quantitative estimate of drug-likeness (QED) is 0.877. The molecule has 1 unspecified atom stereocenters. The number of benzene rings is 1. The van der Waals surface area contributed by atoms with Crippen LogP contribution in [0.4, 0.5) is 5.69 Å². The first-order chi connectivity index (χ1) is 8.66. The monoisotopic (exact) mass is 267 g/mol. The highest BCUT2D eigenvalue weighted by atomic mass is 35.5. The summed E-state index contributed by atoms with van der Waals surface area (Å²) in [4.78, 5) is 2.52. The number of hydrogen-bond donors (Lipinski definition) is 2. The number of piperazine rings is 1. The smallest absolute Gasteiger partial charge is 0.0426 e. The van der Waals surface area contributed by atoms with Gasteiger partial charge < -0.3 is 10.6 Å². The Kier molecular flexibility index (Phi) is 4.87. The Bertz CT molecular complexity index is 389. The molecular weight excluding hydrogens is 246 g/mol. The molecule has 1 atom stereocenters. The molecule has 0 aliphatic carbocycles. The maximum Gasteiger partial charge on any atom is 0.0426 e.